The van der Waals surface area contributed by atoms with Crippen molar-refractivity contribution in [1.29, 1.82) is 0 Å². The molecule has 1 saturated heterocycles. The van der Waals surface area contributed by atoms with Crippen molar-refractivity contribution in [2.24, 2.45) is 5.92 Å². The van der Waals surface area contributed by atoms with Crippen LogP contribution < -0.4 is 5.32 Å². The normalized spacial score (nSPS) is 36.1. The Labute approximate surface area is 89.4 Å². The van der Waals surface area contributed by atoms with Crippen LogP contribution in [0.1, 0.15) is 50.5 Å². The molecule has 4 heteroatoms. The van der Waals surface area contributed by atoms with Crippen LogP contribution in [-0.2, 0) is 0 Å². The van der Waals surface area contributed by atoms with Gasteiger partial charge in [0.15, 0.2) is 6.33 Å². The maximum absolute atomic E-state index is 5.13. The molecule has 2 fully saturated rings. The maximum atomic E-state index is 5.13. The molecule has 1 aromatic rings. The second-order valence-electron chi connectivity index (χ2n) is 4.73. The van der Waals surface area contributed by atoms with Gasteiger partial charge in [0.05, 0.1) is 6.04 Å². The summed E-state index contributed by atoms with van der Waals surface area (Å²) < 4.78 is 5.13. The zero-order valence-electron chi connectivity index (χ0n) is 8.85. The van der Waals surface area contributed by atoms with Crippen molar-refractivity contribution in [2.75, 3.05) is 0 Å². The Bertz CT molecular complexity index is 312. The minimum absolute atomic E-state index is 0.298. The van der Waals surface area contributed by atoms with E-state index in [9.17, 15) is 0 Å². The summed E-state index contributed by atoms with van der Waals surface area (Å²) in [6, 6.07) is 0.983. The molecule has 1 N–H and O–H groups in total. The third-order valence-electron chi connectivity index (χ3n) is 3.83. The van der Waals surface area contributed by atoms with Crippen molar-refractivity contribution in [1.82, 2.24) is 15.5 Å². The Morgan fingerprint density at radius 1 is 1.20 bits per heavy atom. The SMILES string of the molecule is c1noc(C2CCC3CCCCC3N2)n1. The third kappa shape index (κ3) is 1.78. The Morgan fingerprint density at radius 2 is 2.13 bits per heavy atom. The summed E-state index contributed by atoms with van der Waals surface area (Å²) in [4.78, 5) is 4.14. The van der Waals surface area contributed by atoms with Crippen molar-refractivity contribution in [3.63, 3.8) is 0 Å². The first-order chi connectivity index (χ1) is 7.43. The minimum Gasteiger partial charge on any atom is -0.338 e. The average Bonchev–Trinajstić information content (AvgIpc) is 2.82. The largest absolute Gasteiger partial charge is 0.338 e. The first kappa shape index (κ1) is 9.33. The summed E-state index contributed by atoms with van der Waals surface area (Å²) in [5.41, 5.74) is 0. The standard InChI is InChI=1S/C11H17N3O/c1-2-4-9-8(3-1)5-6-10(14-9)11-12-7-13-15-11/h7-10,14H,1-6H2. The lowest BCUT2D eigenvalue weighted by molar-refractivity contribution is 0.158. The molecule has 82 valence electrons. The lowest BCUT2D eigenvalue weighted by Crippen LogP contribution is -2.44. The van der Waals surface area contributed by atoms with Crippen LogP contribution in [-0.4, -0.2) is 16.2 Å². The van der Waals surface area contributed by atoms with E-state index in [4.69, 9.17) is 4.52 Å². The summed E-state index contributed by atoms with van der Waals surface area (Å²) >= 11 is 0. The molecule has 3 rings (SSSR count). The number of hydrogen-bond acceptors (Lipinski definition) is 4. The molecule has 0 radical (unpaired) electrons. The van der Waals surface area contributed by atoms with Gasteiger partial charge in [0.25, 0.3) is 0 Å². The van der Waals surface area contributed by atoms with Gasteiger partial charge in [-0.3, -0.25) is 0 Å². The zero-order valence-corrected chi connectivity index (χ0v) is 8.85. The number of hydrogen-bond donors (Lipinski definition) is 1. The predicted octanol–water partition coefficient (Wildman–Crippen LogP) is 2.05. The Morgan fingerprint density at radius 3 is 3.00 bits per heavy atom. The molecule has 1 saturated carbocycles. The molecule has 0 bridgehead atoms. The topological polar surface area (TPSA) is 51.0 Å². The molecule has 0 aromatic carbocycles. The van der Waals surface area contributed by atoms with Crippen molar-refractivity contribution >= 4 is 0 Å². The summed E-state index contributed by atoms with van der Waals surface area (Å²) in [5.74, 6) is 1.65. The van der Waals surface area contributed by atoms with Crippen LogP contribution in [0.4, 0.5) is 0 Å². The highest BCUT2D eigenvalue weighted by molar-refractivity contribution is 4.96. The molecule has 0 amide bonds. The van der Waals surface area contributed by atoms with Crippen LogP contribution >= 0.6 is 0 Å². The maximum Gasteiger partial charge on any atom is 0.243 e. The molecule has 0 spiro atoms. The lowest BCUT2D eigenvalue weighted by Gasteiger charge is -2.39. The molecular formula is C11H17N3O. The van der Waals surface area contributed by atoms with E-state index < -0.39 is 0 Å². The number of nitrogens with zero attached hydrogens (tertiary/aromatic N) is 2. The second-order valence-corrected chi connectivity index (χ2v) is 4.73. The molecule has 1 aliphatic heterocycles. The highest BCUT2D eigenvalue weighted by Gasteiger charge is 2.33. The lowest BCUT2D eigenvalue weighted by atomic mass is 9.78. The minimum atomic E-state index is 0.298. The highest BCUT2D eigenvalue weighted by Crippen LogP contribution is 2.36. The molecule has 2 aliphatic rings. The Kier molecular flexibility index (Phi) is 2.44. The van der Waals surface area contributed by atoms with Gasteiger partial charge in [-0.15, -0.1) is 0 Å². The molecule has 3 atom stereocenters. The van der Waals surface area contributed by atoms with E-state index in [1.807, 2.05) is 0 Å². The van der Waals surface area contributed by atoms with Crippen molar-refractivity contribution in [3.8, 4) is 0 Å². The first-order valence-electron chi connectivity index (χ1n) is 5.96. The van der Waals surface area contributed by atoms with Crippen molar-refractivity contribution < 1.29 is 4.52 Å². The van der Waals surface area contributed by atoms with Gasteiger partial charge >= 0.3 is 0 Å². The van der Waals surface area contributed by atoms with Gasteiger partial charge in [0.1, 0.15) is 0 Å². The molecule has 2 heterocycles. The van der Waals surface area contributed by atoms with Crippen molar-refractivity contribution in [2.45, 2.75) is 50.6 Å². The van der Waals surface area contributed by atoms with E-state index in [1.54, 1.807) is 0 Å². The summed E-state index contributed by atoms with van der Waals surface area (Å²) in [5, 5.41) is 7.34. The van der Waals surface area contributed by atoms with E-state index >= 15 is 0 Å². The molecule has 1 aliphatic carbocycles. The van der Waals surface area contributed by atoms with Gasteiger partial charge in [-0.2, -0.15) is 4.98 Å². The summed E-state index contributed by atoms with van der Waals surface area (Å²) in [6.07, 6.45) is 9.43. The average molecular weight is 207 g/mol. The van der Waals surface area contributed by atoms with E-state index in [-0.39, 0.29) is 0 Å². The number of rotatable bonds is 1. The monoisotopic (exact) mass is 207 g/mol. The van der Waals surface area contributed by atoms with Gasteiger partial charge < -0.3 is 9.84 Å². The quantitative estimate of drug-likeness (QED) is 0.765. The van der Waals surface area contributed by atoms with Crippen molar-refractivity contribution in [3.05, 3.63) is 12.2 Å². The van der Waals surface area contributed by atoms with Crippen LogP contribution in [0, 0.1) is 5.92 Å². The molecule has 15 heavy (non-hydrogen) atoms. The fraction of sp³-hybridized carbons (Fsp3) is 0.818. The number of piperidine rings is 1. The van der Waals surface area contributed by atoms with Crippen LogP contribution in [0.2, 0.25) is 0 Å². The number of fused-ring (bicyclic) bond motifs is 1. The second kappa shape index (κ2) is 3.93. The van der Waals surface area contributed by atoms with Crippen LogP contribution in [0.15, 0.2) is 10.9 Å². The molecular weight excluding hydrogens is 190 g/mol. The van der Waals surface area contributed by atoms with Crippen LogP contribution in [0.5, 0.6) is 0 Å². The van der Waals surface area contributed by atoms with E-state index in [1.165, 1.54) is 38.4 Å². The van der Waals surface area contributed by atoms with Gasteiger partial charge in [-0.1, -0.05) is 18.0 Å². The third-order valence-corrected chi connectivity index (χ3v) is 3.83. The van der Waals surface area contributed by atoms with Gasteiger partial charge in [0.2, 0.25) is 5.89 Å². The van der Waals surface area contributed by atoms with Gasteiger partial charge in [0, 0.05) is 6.04 Å². The smallest absolute Gasteiger partial charge is 0.243 e. The fourth-order valence-electron chi connectivity index (χ4n) is 3.03. The fourth-order valence-corrected chi connectivity index (χ4v) is 3.03. The van der Waals surface area contributed by atoms with E-state index in [0.717, 1.165) is 18.2 Å². The number of nitrogens with one attached hydrogen (secondary N) is 1. The Hall–Kier alpha value is -0.900. The summed E-state index contributed by atoms with van der Waals surface area (Å²) in [6.45, 7) is 0. The van der Waals surface area contributed by atoms with Crippen LogP contribution in [0.25, 0.3) is 0 Å². The zero-order chi connectivity index (χ0) is 10.1. The molecule has 4 nitrogen and oxygen atoms in total. The highest BCUT2D eigenvalue weighted by atomic mass is 16.5. The van der Waals surface area contributed by atoms with Crippen LogP contribution in [0.3, 0.4) is 0 Å². The Balaban J connectivity index is 1.70. The van der Waals surface area contributed by atoms with Gasteiger partial charge in [-0.25, -0.2) is 0 Å². The predicted molar refractivity (Wildman–Crippen MR) is 55.2 cm³/mol. The molecule has 3 unspecified atom stereocenters. The first-order valence-corrected chi connectivity index (χ1v) is 5.96. The van der Waals surface area contributed by atoms with E-state index in [0.29, 0.717) is 12.1 Å². The van der Waals surface area contributed by atoms with E-state index in [2.05, 4.69) is 15.5 Å². The summed E-state index contributed by atoms with van der Waals surface area (Å²) in [7, 11) is 0. The number of aromatic nitrogens is 2. The molecule has 1 aromatic heterocycles. The van der Waals surface area contributed by atoms with Gasteiger partial charge in [-0.05, 0) is 31.6 Å².